The standard InChI is InChI=1S/C23H18N2O5S/c24-31(29,30)13-10-8-12(9-11-13)18-19-16(6-3-7-17(19)26)25-21-20(18)22(27)14-4-1-2-5-15(14)23(21)28/h1-2,4-5,8-11,18-19H,3,6-7H2,(H2,24,29,30). The molecule has 0 saturated heterocycles. The van der Waals surface area contributed by atoms with Gasteiger partial charge in [0.2, 0.25) is 15.8 Å². The maximum absolute atomic E-state index is 13.5. The van der Waals surface area contributed by atoms with Crippen LogP contribution in [0.4, 0.5) is 0 Å². The lowest BCUT2D eigenvalue weighted by Gasteiger charge is -2.37. The average Bonchev–Trinajstić information content (AvgIpc) is 2.76. The summed E-state index contributed by atoms with van der Waals surface area (Å²) in [6.45, 7) is 0. The molecule has 0 spiro atoms. The van der Waals surface area contributed by atoms with E-state index in [0.29, 0.717) is 41.7 Å². The van der Waals surface area contributed by atoms with Crippen LogP contribution in [0.5, 0.6) is 0 Å². The van der Waals surface area contributed by atoms with Crippen LogP contribution in [0, 0.1) is 5.92 Å². The lowest BCUT2D eigenvalue weighted by Crippen LogP contribution is -2.41. The lowest BCUT2D eigenvalue weighted by molar-refractivity contribution is -0.121. The molecule has 1 saturated carbocycles. The molecule has 1 fully saturated rings. The van der Waals surface area contributed by atoms with Crippen molar-refractivity contribution in [3.05, 3.63) is 76.5 Å². The Morgan fingerprint density at radius 1 is 0.839 bits per heavy atom. The molecule has 2 aromatic carbocycles. The molecular weight excluding hydrogens is 416 g/mol. The van der Waals surface area contributed by atoms with Crippen LogP contribution < -0.4 is 5.14 Å². The van der Waals surface area contributed by atoms with Gasteiger partial charge in [-0.25, -0.2) is 13.6 Å². The summed E-state index contributed by atoms with van der Waals surface area (Å²) in [4.78, 5) is 44.1. The van der Waals surface area contributed by atoms with Crippen LogP contribution in [0.3, 0.4) is 0 Å². The van der Waals surface area contributed by atoms with E-state index >= 15 is 0 Å². The van der Waals surface area contributed by atoms with E-state index in [1.54, 1.807) is 36.4 Å². The minimum atomic E-state index is -3.89. The third kappa shape index (κ3) is 3.02. The van der Waals surface area contributed by atoms with Gasteiger partial charge in [0.1, 0.15) is 11.5 Å². The zero-order valence-corrected chi connectivity index (χ0v) is 17.2. The minimum Gasteiger partial charge on any atom is -0.299 e. The number of carbonyl (C=O) groups is 3. The van der Waals surface area contributed by atoms with Crippen molar-refractivity contribution < 1.29 is 22.8 Å². The van der Waals surface area contributed by atoms with Crippen molar-refractivity contribution >= 4 is 33.1 Å². The zero-order valence-electron chi connectivity index (χ0n) is 16.4. The SMILES string of the molecule is NS(=O)(=O)c1ccc(C2C3=C(N=C4CCCC(=O)C42)C(=O)c2ccccc2C3=O)cc1. The number of ketones is 3. The van der Waals surface area contributed by atoms with Crippen LogP contribution in [0.2, 0.25) is 0 Å². The van der Waals surface area contributed by atoms with Gasteiger partial charge in [-0.15, -0.1) is 0 Å². The summed E-state index contributed by atoms with van der Waals surface area (Å²) in [5.74, 6) is -2.03. The van der Waals surface area contributed by atoms with Crippen molar-refractivity contribution in [3.8, 4) is 0 Å². The molecule has 2 unspecified atom stereocenters. The highest BCUT2D eigenvalue weighted by Gasteiger charge is 2.47. The largest absolute Gasteiger partial charge is 0.299 e. The van der Waals surface area contributed by atoms with Crippen LogP contribution in [0.15, 0.2) is 69.7 Å². The van der Waals surface area contributed by atoms with Gasteiger partial charge in [-0.1, -0.05) is 36.4 Å². The molecule has 3 aliphatic rings. The molecule has 31 heavy (non-hydrogen) atoms. The molecule has 0 radical (unpaired) electrons. The summed E-state index contributed by atoms with van der Waals surface area (Å²) < 4.78 is 23.3. The van der Waals surface area contributed by atoms with E-state index in [2.05, 4.69) is 4.99 Å². The number of hydrogen-bond donors (Lipinski definition) is 1. The molecule has 5 rings (SSSR count). The number of allylic oxidation sites excluding steroid dienone is 2. The summed E-state index contributed by atoms with van der Waals surface area (Å²) in [6, 6.07) is 12.4. The molecular formula is C23H18N2O5S. The number of nitrogens with zero attached hydrogens (tertiary/aromatic N) is 1. The number of nitrogens with two attached hydrogens (primary N) is 1. The number of aliphatic imine (C=N–C) groups is 1. The minimum absolute atomic E-state index is 0.0313. The van der Waals surface area contributed by atoms with Crippen molar-refractivity contribution in [2.24, 2.45) is 16.0 Å². The van der Waals surface area contributed by atoms with E-state index in [9.17, 15) is 22.8 Å². The number of primary sulfonamides is 1. The van der Waals surface area contributed by atoms with E-state index < -0.39 is 21.9 Å². The molecule has 8 heteroatoms. The predicted molar refractivity (Wildman–Crippen MR) is 112 cm³/mol. The van der Waals surface area contributed by atoms with Crippen LogP contribution in [-0.2, 0) is 14.8 Å². The summed E-state index contributed by atoms with van der Waals surface area (Å²) in [5, 5.41) is 5.20. The second kappa shape index (κ2) is 6.90. The van der Waals surface area contributed by atoms with Gasteiger partial charge in [-0.05, 0) is 30.5 Å². The number of rotatable bonds is 2. The van der Waals surface area contributed by atoms with Gasteiger partial charge < -0.3 is 0 Å². The number of sulfonamides is 1. The Morgan fingerprint density at radius 2 is 1.48 bits per heavy atom. The first-order chi connectivity index (χ1) is 14.8. The Kier molecular flexibility index (Phi) is 4.39. The van der Waals surface area contributed by atoms with Gasteiger partial charge in [0.05, 0.1) is 10.8 Å². The molecule has 0 amide bonds. The zero-order chi connectivity index (χ0) is 21.9. The quantitative estimate of drug-likeness (QED) is 0.778. The number of carbonyl (C=O) groups excluding carboxylic acids is 3. The monoisotopic (exact) mass is 434 g/mol. The molecule has 1 aliphatic heterocycles. The lowest BCUT2D eigenvalue weighted by atomic mass is 9.66. The first-order valence-electron chi connectivity index (χ1n) is 9.93. The fourth-order valence-electron chi connectivity index (χ4n) is 4.76. The Hall–Kier alpha value is -3.23. The van der Waals surface area contributed by atoms with Gasteiger partial charge in [0, 0.05) is 34.8 Å². The third-order valence-electron chi connectivity index (χ3n) is 6.16. The average molecular weight is 434 g/mol. The predicted octanol–water partition coefficient (Wildman–Crippen LogP) is 2.57. The van der Waals surface area contributed by atoms with Gasteiger partial charge in [0.25, 0.3) is 0 Å². The van der Waals surface area contributed by atoms with Crippen molar-refractivity contribution in [1.29, 1.82) is 0 Å². The van der Waals surface area contributed by atoms with E-state index in [4.69, 9.17) is 5.14 Å². The van der Waals surface area contributed by atoms with Crippen molar-refractivity contribution in [2.45, 2.75) is 30.1 Å². The summed E-state index contributed by atoms with van der Waals surface area (Å²) in [7, 11) is -3.89. The highest BCUT2D eigenvalue weighted by molar-refractivity contribution is 7.89. The van der Waals surface area contributed by atoms with Crippen molar-refractivity contribution in [2.75, 3.05) is 0 Å². The second-order valence-corrected chi connectivity index (χ2v) is 9.52. The molecule has 2 N–H and O–H groups in total. The van der Waals surface area contributed by atoms with Crippen molar-refractivity contribution in [1.82, 2.24) is 0 Å². The molecule has 2 aliphatic carbocycles. The Labute approximate surface area is 178 Å². The number of hydrogen-bond acceptors (Lipinski definition) is 6. The highest BCUT2D eigenvalue weighted by atomic mass is 32.2. The van der Waals surface area contributed by atoms with Gasteiger partial charge in [-0.2, -0.15) is 0 Å². The van der Waals surface area contributed by atoms with E-state index in [1.807, 2.05) is 0 Å². The van der Waals surface area contributed by atoms with Crippen LogP contribution in [0.25, 0.3) is 0 Å². The van der Waals surface area contributed by atoms with Crippen LogP contribution >= 0.6 is 0 Å². The number of Topliss-reactive ketones (excluding diaryl/α,β-unsaturated/α-hetero) is 3. The smallest absolute Gasteiger partial charge is 0.238 e. The molecule has 7 nitrogen and oxygen atoms in total. The summed E-state index contributed by atoms with van der Waals surface area (Å²) >= 11 is 0. The van der Waals surface area contributed by atoms with Gasteiger partial charge in [0.15, 0.2) is 5.78 Å². The van der Waals surface area contributed by atoms with Crippen LogP contribution in [0.1, 0.15) is 51.5 Å². The van der Waals surface area contributed by atoms with Crippen molar-refractivity contribution in [3.63, 3.8) is 0 Å². The van der Waals surface area contributed by atoms with Crippen LogP contribution in [-0.4, -0.2) is 31.5 Å². The maximum atomic E-state index is 13.5. The topological polar surface area (TPSA) is 124 Å². The van der Waals surface area contributed by atoms with E-state index in [1.165, 1.54) is 12.1 Å². The number of benzene rings is 2. The molecule has 156 valence electrons. The normalized spacial score (nSPS) is 23.1. The molecule has 0 bridgehead atoms. The first-order valence-corrected chi connectivity index (χ1v) is 11.5. The first kappa shape index (κ1) is 19.7. The highest BCUT2D eigenvalue weighted by Crippen LogP contribution is 2.46. The molecule has 2 atom stereocenters. The summed E-state index contributed by atoms with van der Waals surface area (Å²) in [5.41, 5.74) is 2.07. The Bertz CT molecular complexity index is 1340. The second-order valence-electron chi connectivity index (χ2n) is 7.96. The summed E-state index contributed by atoms with van der Waals surface area (Å²) in [6.07, 6.45) is 1.59. The molecule has 0 aromatic heterocycles. The van der Waals surface area contributed by atoms with Gasteiger partial charge >= 0.3 is 0 Å². The van der Waals surface area contributed by atoms with E-state index in [-0.39, 0.29) is 33.5 Å². The fraction of sp³-hybridized carbons (Fsp3) is 0.217. The van der Waals surface area contributed by atoms with E-state index in [0.717, 1.165) is 0 Å². The maximum Gasteiger partial charge on any atom is 0.238 e. The Morgan fingerprint density at radius 3 is 2.13 bits per heavy atom. The Balaban J connectivity index is 1.73. The number of fused-ring (bicyclic) bond motifs is 2. The fourth-order valence-corrected chi connectivity index (χ4v) is 5.28. The van der Waals surface area contributed by atoms with Gasteiger partial charge in [-0.3, -0.25) is 19.4 Å². The third-order valence-corrected chi connectivity index (χ3v) is 7.09. The molecule has 2 aromatic rings. The molecule has 1 heterocycles.